The largest absolute Gasteiger partial charge is 0.495 e. The van der Waals surface area contributed by atoms with Gasteiger partial charge in [-0.05, 0) is 73.6 Å². The molecule has 0 unspecified atom stereocenters. The van der Waals surface area contributed by atoms with Crippen LogP contribution < -0.4 is 19.7 Å². The number of para-hydroxylation sites is 2. The van der Waals surface area contributed by atoms with Gasteiger partial charge in [-0.15, -0.1) is 0 Å². The molecule has 2 heterocycles. The molecule has 1 amide bonds. The third kappa shape index (κ3) is 4.46. The maximum Gasteiger partial charge on any atom is 0.281 e. The van der Waals surface area contributed by atoms with Crippen LogP contribution >= 0.6 is 12.2 Å². The summed E-state index contributed by atoms with van der Waals surface area (Å²) >= 11 is 5.37. The van der Waals surface area contributed by atoms with Gasteiger partial charge >= 0.3 is 0 Å². The number of thiocarbonyl (C=S) groups is 1. The summed E-state index contributed by atoms with van der Waals surface area (Å²) in [6.45, 7) is 4.35. The first-order valence-electron chi connectivity index (χ1n) is 9.74. The van der Waals surface area contributed by atoms with E-state index in [2.05, 4.69) is 11.4 Å². The van der Waals surface area contributed by atoms with E-state index in [0.29, 0.717) is 35.3 Å². The molecule has 1 fully saturated rings. The van der Waals surface area contributed by atoms with E-state index in [1.165, 1.54) is 4.90 Å². The number of nitrogens with zero attached hydrogens (tertiary/aromatic N) is 1. The molecule has 7 heteroatoms. The Morgan fingerprint density at radius 1 is 1.10 bits per heavy atom. The number of anilines is 1. The van der Waals surface area contributed by atoms with E-state index in [-0.39, 0.29) is 11.0 Å². The number of furan rings is 1. The highest BCUT2D eigenvalue weighted by Crippen LogP contribution is 2.31. The van der Waals surface area contributed by atoms with Crippen molar-refractivity contribution in [1.29, 1.82) is 0 Å². The van der Waals surface area contributed by atoms with Gasteiger partial charge in [-0.2, -0.15) is 0 Å². The topological polar surface area (TPSA) is 63.9 Å². The Bertz CT molecular complexity index is 1160. The number of rotatable bonds is 6. The fourth-order valence-corrected chi connectivity index (χ4v) is 3.72. The molecule has 1 saturated heterocycles. The van der Waals surface area contributed by atoms with Crippen molar-refractivity contribution >= 4 is 35.0 Å². The lowest BCUT2D eigenvalue weighted by atomic mass is 10.1. The molecule has 6 nitrogen and oxygen atoms in total. The van der Waals surface area contributed by atoms with Crippen LogP contribution in [-0.4, -0.2) is 18.1 Å². The fraction of sp³-hybridized carbons (Fsp3) is 0.167. The molecule has 1 aliphatic heterocycles. The summed E-state index contributed by atoms with van der Waals surface area (Å²) in [4.78, 5) is 14.4. The Morgan fingerprint density at radius 2 is 1.84 bits per heavy atom. The van der Waals surface area contributed by atoms with Crippen LogP contribution in [0.5, 0.6) is 11.5 Å². The minimum Gasteiger partial charge on any atom is -0.495 e. The molecule has 3 aromatic rings. The summed E-state index contributed by atoms with van der Waals surface area (Å²) in [6.07, 6.45) is 1.63. The van der Waals surface area contributed by atoms with Gasteiger partial charge in [-0.25, -0.2) is 4.90 Å². The average Bonchev–Trinajstić information content (AvgIpc) is 3.29. The van der Waals surface area contributed by atoms with Crippen LogP contribution in [0.15, 0.2) is 64.7 Å². The second-order valence-corrected chi connectivity index (χ2v) is 7.60. The summed E-state index contributed by atoms with van der Waals surface area (Å²) < 4.78 is 17.0. The highest BCUT2D eigenvalue weighted by molar-refractivity contribution is 7.80. The zero-order valence-corrected chi connectivity index (χ0v) is 18.3. The van der Waals surface area contributed by atoms with Crippen LogP contribution in [0.3, 0.4) is 0 Å². The first-order valence-corrected chi connectivity index (χ1v) is 10.2. The minimum atomic E-state index is -0.279. The SMILES string of the molecule is COc1ccccc1N1C(=O)/C(=C\c2ccc(COc3cc(C)cc(C)c3)o2)NC1=S. The van der Waals surface area contributed by atoms with Gasteiger partial charge in [0.1, 0.15) is 35.3 Å². The van der Waals surface area contributed by atoms with E-state index in [1.54, 1.807) is 31.4 Å². The molecule has 1 aromatic heterocycles. The lowest BCUT2D eigenvalue weighted by Crippen LogP contribution is -2.30. The zero-order chi connectivity index (χ0) is 22.0. The molecule has 0 aliphatic carbocycles. The maximum absolute atomic E-state index is 13.0. The molecule has 4 rings (SSSR count). The first-order chi connectivity index (χ1) is 14.9. The van der Waals surface area contributed by atoms with Gasteiger partial charge in [0.2, 0.25) is 0 Å². The van der Waals surface area contributed by atoms with E-state index < -0.39 is 0 Å². The van der Waals surface area contributed by atoms with Crippen molar-refractivity contribution in [2.24, 2.45) is 0 Å². The average molecular weight is 435 g/mol. The van der Waals surface area contributed by atoms with Crippen molar-refractivity contribution in [2.75, 3.05) is 12.0 Å². The van der Waals surface area contributed by atoms with Crippen LogP contribution in [0, 0.1) is 13.8 Å². The quantitative estimate of drug-likeness (QED) is 0.446. The molecule has 31 heavy (non-hydrogen) atoms. The van der Waals surface area contributed by atoms with E-state index in [9.17, 15) is 4.79 Å². The monoisotopic (exact) mass is 434 g/mol. The lowest BCUT2D eigenvalue weighted by molar-refractivity contribution is -0.113. The van der Waals surface area contributed by atoms with Crippen molar-refractivity contribution < 1.29 is 18.7 Å². The van der Waals surface area contributed by atoms with Crippen LogP contribution in [0.4, 0.5) is 5.69 Å². The molecule has 0 atom stereocenters. The highest BCUT2D eigenvalue weighted by atomic mass is 32.1. The van der Waals surface area contributed by atoms with E-state index >= 15 is 0 Å². The van der Waals surface area contributed by atoms with Gasteiger partial charge in [-0.1, -0.05) is 18.2 Å². The van der Waals surface area contributed by atoms with Crippen LogP contribution in [0.25, 0.3) is 6.08 Å². The number of methoxy groups -OCH3 is 1. The lowest BCUT2D eigenvalue weighted by Gasteiger charge is -2.17. The van der Waals surface area contributed by atoms with Gasteiger partial charge in [0.15, 0.2) is 5.11 Å². The predicted octanol–water partition coefficient (Wildman–Crippen LogP) is 4.75. The predicted molar refractivity (Wildman–Crippen MR) is 123 cm³/mol. The summed E-state index contributed by atoms with van der Waals surface area (Å²) in [6, 6.07) is 16.9. The second-order valence-electron chi connectivity index (χ2n) is 7.22. The van der Waals surface area contributed by atoms with E-state index in [4.69, 9.17) is 26.1 Å². The van der Waals surface area contributed by atoms with Crippen molar-refractivity contribution in [3.63, 3.8) is 0 Å². The van der Waals surface area contributed by atoms with Crippen molar-refractivity contribution in [2.45, 2.75) is 20.5 Å². The first kappa shape index (κ1) is 20.7. The highest BCUT2D eigenvalue weighted by Gasteiger charge is 2.33. The normalized spacial score (nSPS) is 14.8. The number of benzene rings is 2. The molecular formula is C24H22N2O4S. The van der Waals surface area contributed by atoms with E-state index in [0.717, 1.165) is 16.9 Å². The Kier molecular flexibility index (Phi) is 5.77. The number of carbonyl (C=O) groups is 1. The summed E-state index contributed by atoms with van der Waals surface area (Å²) in [5.41, 5.74) is 3.19. The zero-order valence-electron chi connectivity index (χ0n) is 17.5. The molecule has 2 aromatic carbocycles. The Hall–Kier alpha value is -3.58. The number of hydrogen-bond donors (Lipinski definition) is 1. The maximum atomic E-state index is 13.0. The van der Waals surface area contributed by atoms with Crippen molar-refractivity contribution in [1.82, 2.24) is 5.32 Å². The molecule has 1 N–H and O–H groups in total. The Morgan fingerprint density at radius 3 is 2.58 bits per heavy atom. The van der Waals surface area contributed by atoms with E-state index in [1.807, 2.05) is 44.2 Å². The number of ether oxygens (including phenoxy) is 2. The Balaban J connectivity index is 1.49. The molecule has 1 aliphatic rings. The molecule has 0 radical (unpaired) electrons. The number of hydrogen-bond acceptors (Lipinski definition) is 5. The third-order valence-corrected chi connectivity index (χ3v) is 5.03. The van der Waals surface area contributed by atoms with Gasteiger partial charge in [-0.3, -0.25) is 4.79 Å². The standard InChI is InChI=1S/C24H22N2O4S/c1-15-10-16(2)12-19(11-15)29-14-18-9-8-17(30-18)13-20-23(27)26(24(31)25-20)21-6-4-5-7-22(21)28-3/h4-13H,14H2,1-3H3,(H,25,31)/b20-13+. The Labute approximate surface area is 186 Å². The molecular weight excluding hydrogens is 412 g/mol. The number of aryl methyl sites for hydroxylation is 2. The van der Waals surface area contributed by atoms with Gasteiger partial charge in [0.05, 0.1) is 12.8 Å². The number of carbonyl (C=O) groups excluding carboxylic acids is 1. The number of amides is 1. The van der Waals surface area contributed by atoms with Gasteiger partial charge in [0, 0.05) is 6.08 Å². The molecule has 0 saturated carbocycles. The van der Waals surface area contributed by atoms with Crippen molar-refractivity contribution in [3.8, 4) is 11.5 Å². The minimum absolute atomic E-state index is 0.279. The van der Waals surface area contributed by atoms with Crippen molar-refractivity contribution in [3.05, 3.63) is 82.9 Å². The summed E-state index contributed by atoms with van der Waals surface area (Å²) in [5.74, 6) is 2.25. The summed E-state index contributed by atoms with van der Waals surface area (Å²) in [7, 11) is 1.55. The molecule has 0 spiro atoms. The van der Waals surface area contributed by atoms with Gasteiger partial charge in [0.25, 0.3) is 5.91 Å². The van der Waals surface area contributed by atoms with Gasteiger partial charge < -0.3 is 19.2 Å². The second kappa shape index (κ2) is 8.65. The van der Waals surface area contributed by atoms with Crippen LogP contribution in [-0.2, 0) is 11.4 Å². The molecule has 158 valence electrons. The fourth-order valence-electron chi connectivity index (χ4n) is 3.43. The molecule has 0 bridgehead atoms. The van der Waals surface area contributed by atoms with Crippen LogP contribution in [0.1, 0.15) is 22.6 Å². The van der Waals surface area contributed by atoms with Crippen LogP contribution in [0.2, 0.25) is 0 Å². The summed E-state index contributed by atoms with van der Waals surface area (Å²) in [5, 5.41) is 3.24. The number of nitrogens with one attached hydrogen (secondary N) is 1. The smallest absolute Gasteiger partial charge is 0.281 e. The third-order valence-electron chi connectivity index (χ3n) is 4.75.